The van der Waals surface area contributed by atoms with E-state index in [4.69, 9.17) is 0 Å². The number of anilines is 2. The van der Waals surface area contributed by atoms with Gasteiger partial charge in [0.15, 0.2) is 4.34 Å². The Morgan fingerprint density at radius 3 is 2.68 bits per heavy atom. The fraction of sp³-hybridized carbons (Fsp3) is 0.300. The van der Waals surface area contributed by atoms with Crippen LogP contribution in [0.5, 0.6) is 0 Å². The molecule has 0 saturated heterocycles. The van der Waals surface area contributed by atoms with E-state index >= 15 is 0 Å². The van der Waals surface area contributed by atoms with Crippen LogP contribution in [0.3, 0.4) is 0 Å². The molecule has 1 unspecified atom stereocenters. The second-order valence-corrected chi connectivity index (χ2v) is 9.06. The number of thioether (sulfide) groups is 1. The van der Waals surface area contributed by atoms with E-state index in [9.17, 15) is 4.79 Å². The van der Waals surface area contributed by atoms with Gasteiger partial charge in [-0.2, -0.15) is 0 Å². The normalized spacial score (nSPS) is 11.8. The van der Waals surface area contributed by atoms with Gasteiger partial charge in [0.05, 0.1) is 5.25 Å². The topological polar surface area (TPSA) is 79.8 Å². The van der Waals surface area contributed by atoms with Gasteiger partial charge in [0.2, 0.25) is 11.0 Å². The van der Waals surface area contributed by atoms with Crippen molar-refractivity contribution in [3.8, 4) is 0 Å². The number of benzene rings is 1. The van der Waals surface area contributed by atoms with Crippen molar-refractivity contribution in [2.24, 2.45) is 0 Å². The van der Waals surface area contributed by atoms with Gasteiger partial charge in [-0.05, 0) is 56.2 Å². The number of amides is 1. The molecule has 146 valence electrons. The Labute approximate surface area is 173 Å². The molecule has 1 aromatic carbocycles. The first kappa shape index (κ1) is 20.3. The maximum atomic E-state index is 12.3. The van der Waals surface area contributed by atoms with Crippen LogP contribution in [-0.4, -0.2) is 32.9 Å². The fourth-order valence-electron chi connectivity index (χ4n) is 2.69. The minimum Gasteiger partial charge on any atom is -0.355 e. The Bertz CT molecular complexity index is 909. The highest BCUT2D eigenvalue weighted by Crippen LogP contribution is 2.30. The van der Waals surface area contributed by atoms with Gasteiger partial charge in [-0.25, -0.2) is 0 Å². The van der Waals surface area contributed by atoms with Crippen LogP contribution < -0.4 is 10.6 Å². The van der Waals surface area contributed by atoms with Crippen molar-refractivity contribution in [2.75, 3.05) is 11.9 Å². The van der Waals surface area contributed by atoms with Crippen LogP contribution in [0, 0.1) is 13.8 Å². The van der Waals surface area contributed by atoms with E-state index < -0.39 is 0 Å². The molecule has 0 fully saturated rings. The van der Waals surface area contributed by atoms with Gasteiger partial charge in [-0.3, -0.25) is 9.78 Å². The summed E-state index contributed by atoms with van der Waals surface area (Å²) in [5.41, 5.74) is 4.34. The summed E-state index contributed by atoms with van der Waals surface area (Å²) < 4.78 is 0.763. The molecule has 0 bridgehead atoms. The number of nitrogens with zero attached hydrogens (tertiary/aromatic N) is 3. The van der Waals surface area contributed by atoms with Gasteiger partial charge >= 0.3 is 0 Å². The summed E-state index contributed by atoms with van der Waals surface area (Å²) in [6.07, 6.45) is 2.47. The van der Waals surface area contributed by atoms with Gasteiger partial charge in [-0.1, -0.05) is 35.2 Å². The Kier molecular flexibility index (Phi) is 7.00. The molecule has 0 saturated carbocycles. The van der Waals surface area contributed by atoms with Crippen molar-refractivity contribution in [3.63, 3.8) is 0 Å². The first-order chi connectivity index (χ1) is 13.5. The van der Waals surface area contributed by atoms with Crippen molar-refractivity contribution in [3.05, 3.63) is 59.4 Å². The molecule has 0 aliphatic rings. The summed E-state index contributed by atoms with van der Waals surface area (Å²) in [4.78, 5) is 16.6. The summed E-state index contributed by atoms with van der Waals surface area (Å²) in [7, 11) is 0. The summed E-state index contributed by atoms with van der Waals surface area (Å²) in [5.74, 6) is -0.0139. The lowest BCUT2D eigenvalue weighted by Gasteiger charge is -2.10. The molecule has 1 amide bonds. The lowest BCUT2D eigenvalue weighted by molar-refractivity contribution is -0.120. The maximum absolute atomic E-state index is 12.3. The number of hydrogen-bond donors (Lipinski definition) is 2. The van der Waals surface area contributed by atoms with Crippen LogP contribution in [0.2, 0.25) is 0 Å². The molecule has 28 heavy (non-hydrogen) atoms. The molecular formula is C20H23N5OS2. The number of carbonyl (C=O) groups is 1. The Morgan fingerprint density at radius 2 is 1.96 bits per heavy atom. The largest absolute Gasteiger partial charge is 0.355 e. The highest BCUT2D eigenvalue weighted by molar-refractivity contribution is 8.02. The summed E-state index contributed by atoms with van der Waals surface area (Å²) in [5, 5.41) is 15.1. The Balaban J connectivity index is 1.48. The summed E-state index contributed by atoms with van der Waals surface area (Å²) in [6, 6.07) is 12.0. The summed E-state index contributed by atoms with van der Waals surface area (Å²) in [6.45, 7) is 6.57. The number of aromatic nitrogens is 3. The molecule has 0 aliphatic carbocycles. The van der Waals surface area contributed by atoms with Crippen molar-refractivity contribution in [2.45, 2.75) is 36.8 Å². The molecule has 8 heteroatoms. The fourth-order valence-corrected chi connectivity index (χ4v) is 4.63. The average molecular weight is 414 g/mol. The third-order valence-electron chi connectivity index (χ3n) is 3.93. The van der Waals surface area contributed by atoms with E-state index in [1.807, 2.05) is 25.1 Å². The van der Waals surface area contributed by atoms with Crippen LogP contribution in [0.1, 0.15) is 23.7 Å². The zero-order valence-corrected chi connectivity index (χ0v) is 17.7. The van der Waals surface area contributed by atoms with Crippen LogP contribution in [0.25, 0.3) is 0 Å². The molecule has 2 N–H and O–H groups in total. The second kappa shape index (κ2) is 9.66. The van der Waals surface area contributed by atoms with Crippen LogP contribution in [0.15, 0.2) is 46.9 Å². The number of rotatable bonds is 8. The first-order valence-corrected chi connectivity index (χ1v) is 10.7. The van der Waals surface area contributed by atoms with Gasteiger partial charge < -0.3 is 10.6 Å². The zero-order valence-electron chi connectivity index (χ0n) is 16.1. The smallest absolute Gasteiger partial charge is 0.233 e. The molecule has 0 aliphatic heterocycles. The van der Waals surface area contributed by atoms with Crippen molar-refractivity contribution < 1.29 is 4.79 Å². The molecule has 2 heterocycles. The van der Waals surface area contributed by atoms with Crippen molar-refractivity contribution in [1.29, 1.82) is 0 Å². The molecule has 6 nitrogen and oxygen atoms in total. The lowest BCUT2D eigenvalue weighted by atomic mass is 10.1. The predicted molar refractivity (Wildman–Crippen MR) is 115 cm³/mol. The van der Waals surface area contributed by atoms with E-state index in [1.54, 1.807) is 6.20 Å². The van der Waals surface area contributed by atoms with E-state index in [0.717, 1.165) is 20.9 Å². The highest BCUT2D eigenvalue weighted by Gasteiger charge is 2.17. The number of aryl methyl sites for hydroxylation is 2. The predicted octanol–water partition coefficient (Wildman–Crippen LogP) is 4.13. The van der Waals surface area contributed by atoms with E-state index in [0.29, 0.717) is 13.0 Å². The average Bonchev–Trinajstić information content (AvgIpc) is 3.08. The third-order valence-corrected chi connectivity index (χ3v) is 5.96. The van der Waals surface area contributed by atoms with Gasteiger partial charge in [0.1, 0.15) is 0 Å². The molecular weight excluding hydrogens is 390 g/mol. The van der Waals surface area contributed by atoms with Gasteiger partial charge in [0, 0.05) is 30.5 Å². The first-order valence-electron chi connectivity index (χ1n) is 9.03. The minimum absolute atomic E-state index is 0.0139. The molecule has 0 spiro atoms. The quantitative estimate of drug-likeness (QED) is 0.541. The Hall–Kier alpha value is -2.45. The van der Waals surface area contributed by atoms with Crippen molar-refractivity contribution in [1.82, 2.24) is 20.5 Å². The van der Waals surface area contributed by atoms with Crippen LogP contribution in [0.4, 0.5) is 10.8 Å². The summed E-state index contributed by atoms with van der Waals surface area (Å²) >= 11 is 2.86. The standard InChI is InChI=1S/C20H23N5OS2/c1-13-10-14(2)12-17(11-13)23-19-24-25-20(28-19)27-15(3)18(26)22-9-7-16-6-4-5-8-21-16/h4-6,8,10-12,15H,7,9H2,1-3H3,(H,22,26)(H,23,24). The van der Waals surface area contributed by atoms with Gasteiger partial charge in [-0.15, -0.1) is 10.2 Å². The molecule has 3 rings (SSSR count). The van der Waals surface area contributed by atoms with Crippen molar-refractivity contribution >= 4 is 39.8 Å². The number of carbonyl (C=O) groups excluding carboxylic acids is 1. The van der Waals surface area contributed by atoms with E-state index in [1.165, 1.54) is 34.2 Å². The molecule has 2 aromatic heterocycles. The molecule has 3 aromatic rings. The minimum atomic E-state index is -0.245. The third kappa shape index (κ3) is 6.03. The number of pyridine rings is 1. The molecule has 1 atom stereocenters. The Morgan fingerprint density at radius 1 is 1.18 bits per heavy atom. The van der Waals surface area contributed by atoms with E-state index in [2.05, 4.69) is 57.9 Å². The monoisotopic (exact) mass is 413 g/mol. The SMILES string of the molecule is Cc1cc(C)cc(Nc2nnc(SC(C)C(=O)NCCc3ccccn3)s2)c1. The lowest BCUT2D eigenvalue weighted by Crippen LogP contribution is -2.32. The maximum Gasteiger partial charge on any atom is 0.233 e. The van der Waals surface area contributed by atoms with Gasteiger partial charge in [0.25, 0.3) is 0 Å². The van der Waals surface area contributed by atoms with E-state index in [-0.39, 0.29) is 11.2 Å². The highest BCUT2D eigenvalue weighted by atomic mass is 32.2. The van der Waals surface area contributed by atoms with Crippen LogP contribution >= 0.6 is 23.1 Å². The second-order valence-electron chi connectivity index (χ2n) is 6.50. The number of nitrogens with one attached hydrogen (secondary N) is 2. The zero-order chi connectivity index (χ0) is 19.9. The van der Waals surface area contributed by atoms with Crippen LogP contribution in [-0.2, 0) is 11.2 Å². The molecule has 0 radical (unpaired) electrons. The number of hydrogen-bond acceptors (Lipinski definition) is 7.